The number of aliphatic hydroxyl groups excluding tert-OH is 1. The fourth-order valence-corrected chi connectivity index (χ4v) is 10.4. The molecular formula is C70H130N2O6P+. The molecule has 0 heterocycles. The summed E-state index contributed by atoms with van der Waals surface area (Å²) in [6.45, 7) is 4.73. The van der Waals surface area contributed by atoms with Crippen molar-refractivity contribution in [1.82, 2.24) is 5.32 Å². The van der Waals surface area contributed by atoms with Crippen LogP contribution in [0.25, 0.3) is 0 Å². The van der Waals surface area contributed by atoms with Gasteiger partial charge in [0.25, 0.3) is 0 Å². The zero-order valence-corrected chi connectivity index (χ0v) is 53.5. The van der Waals surface area contributed by atoms with Crippen molar-refractivity contribution in [3.8, 4) is 0 Å². The third-order valence-electron chi connectivity index (χ3n) is 14.9. The molecule has 0 saturated carbocycles. The number of aliphatic hydroxyl groups is 1. The number of allylic oxidation sites excluding steroid dienone is 13. The Morgan fingerprint density at radius 3 is 1.11 bits per heavy atom. The highest BCUT2D eigenvalue weighted by Crippen LogP contribution is 2.43. The zero-order valence-electron chi connectivity index (χ0n) is 52.6. The molecule has 0 saturated heterocycles. The lowest BCUT2D eigenvalue weighted by molar-refractivity contribution is -0.870. The van der Waals surface area contributed by atoms with Crippen molar-refractivity contribution >= 4 is 13.7 Å². The second kappa shape index (κ2) is 60.3. The van der Waals surface area contributed by atoms with Crippen LogP contribution in [0.15, 0.2) is 85.1 Å². The number of unbranched alkanes of at least 4 members (excludes halogenated alkanes) is 36. The van der Waals surface area contributed by atoms with Crippen molar-refractivity contribution in [2.45, 2.75) is 315 Å². The summed E-state index contributed by atoms with van der Waals surface area (Å²) in [5, 5.41) is 14.0. The number of phosphoric acid groups is 1. The van der Waals surface area contributed by atoms with Crippen LogP contribution in [0.4, 0.5) is 0 Å². The van der Waals surface area contributed by atoms with E-state index in [-0.39, 0.29) is 19.1 Å². The van der Waals surface area contributed by atoms with Gasteiger partial charge in [-0.15, -0.1) is 0 Å². The molecule has 79 heavy (non-hydrogen) atoms. The van der Waals surface area contributed by atoms with Gasteiger partial charge in [-0.3, -0.25) is 13.8 Å². The molecule has 0 aromatic rings. The molecule has 3 N–H and O–H groups in total. The summed E-state index contributed by atoms with van der Waals surface area (Å²) in [6.07, 6.45) is 85.7. The van der Waals surface area contributed by atoms with Crippen LogP contribution in [0.2, 0.25) is 0 Å². The Labute approximate surface area is 490 Å². The lowest BCUT2D eigenvalue weighted by Gasteiger charge is -2.25. The minimum absolute atomic E-state index is 0.0587. The molecule has 0 aromatic heterocycles. The fraction of sp³-hybridized carbons (Fsp3) is 0.786. The molecule has 1 amide bonds. The van der Waals surface area contributed by atoms with Gasteiger partial charge in [-0.1, -0.05) is 311 Å². The summed E-state index contributed by atoms with van der Waals surface area (Å²) in [7, 11) is 1.57. The van der Waals surface area contributed by atoms with Crippen molar-refractivity contribution in [3.05, 3.63) is 85.1 Å². The largest absolute Gasteiger partial charge is 0.472 e. The van der Waals surface area contributed by atoms with Crippen LogP contribution in [0, 0.1) is 0 Å². The quantitative estimate of drug-likeness (QED) is 0.0243. The number of quaternary nitrogens is 1. The maximum atomic E-state index is 13.0. The van der Waals surface area contributed by atoms with Gasteiger partial charge in [0.15, 0.2) is 0 Å². The van der Waals surface area contributed by atoms with Gasteiger partial charge in [0.1, 0.15) is 13.2 Å². The van der Waals surface area contributed by atoms with Crippen LogP contribution < -0.4 is 5.32 Å². The van der Waals surface area contributed by atoms with Crippen molar-refractivity contribution in [2.75, 3.05) is 40.9 Å². The molecule has 0 aromatic carbocycles. The summed E-state index contributed by atoms with van der Waals surface area (Å²) in [4.78, 5) is 23.4. The number of carbonyl (C=O) groups is 1. The topological polar surface area (TPSA) is 105 Å². The maximum absolute atomic E-state index is 13.0. The smallest absolute Gasteiger partial charge is 0.387 e. The highest BCUT2D eigenvalue weighted by molar-refractivity contribution is 7.47. The minimum Gasteiger partial charge on any atom is -0.387 e. The molecule has 0 bridgehead atoms. The van der Waals surface area contributed by atoms with Crippen LogP contribution in [-0.2, 0) is 18.4 Å². The van der Waals surface area contributed by atoms with Gasteiger partial charge < -0.3 is 19.8 Å². The predicted molar refractivity (Wildman–Crippen MR) is 346 cm³/mol. The van der Waals surface area contributed by atoms with Gasteiger partial charge in [0.05, 0.1) is 39.9 Å². The van der Waals surface area contributed by atoms with Crippen molar-refractivity contribution < 1.29 is 32.9 Å². The molecule has 9 heteroatoms. The zero-order chi connectivity index (χ0) is 57.7. The first kappa shape index (κ1) is 76.7. The van der Waals surface area contributed by atoms with E-state index in [1.165, 1.54) is 205 Å². The Hall–Kier alpha value is -2.32. The molecule has 0 rings (SSSR count). The SMILES string of the molecule is CC/C=C\C/C=C\C/C=C\C/C=C\C/C=C\C/C=C\CCCCCCCCCCCCCCC(=O)NC(COP(=O)(O)OCC[N+](C)(C)C)C(O)/C=C/CCCCCCCCCCCCCCCCCCCCCCCCCC. The molecule has 0 aliphatic carbocycles. The third kappa shape index (κ3) is 63.1. The summed E-state index contributed by atoms with van der Waals surface area (Å²) in [5.41, 5.74) is 0. The van der Waals surface area contributed by atoms with E-state index in [9.17, 15) is 19.4 Å². The third-order valence-corrected chi connectivity index (χ3v) is 15.9. The molecule has 0 aliphatic heterocycles. The maximum Gasteiger partial charge on any atom is 0.472 e. The Kier molecular flexibility index (Phi) is 58.5. The summed E-state index contributed by atoms with van der Waals surface area (Å²) in [5.74, 6) is -0.179. The van der Waals surface area contributed by atoms with E-state index >= 15 is 0 Å². The van der Waals surface area contributed by atoms with Crippen molar-refractivity contribution in [1.29, 1.82) is 0 Å². The highest BCUT2D eigenvalue weighted by atomic mass is 31.2. The number of nitrogens with zero attached hydrogens (tertiary/aromatic N) is 1. The average Bonchev–Trinajstić information content (AvgIpc) is 3.42. The van der Waals surface area contributed by atoms with Gasteiger partial charge in [-0.25, -0.2) is 4.57 Å². The number of hydrogen-bond donors (Lipinski definition) is 3. The van der Waals surface area contributed by atoms with E-state index in [0.717, 1.165) is 77.0 Å². The molecule has 0 fully saturated rings. The van der Waals surface area contributed by atoms with Crippen LogP contribution in [0.3, 0.4) is 0 Å². The first-order valence-electron chi connectivity index (χ1n) is 33.5. The Balaban J connectivity index is 4.13. The number of rotatable bonds is 61. The van der Waals surface area contributed by atoms with Crippen molar-refractivity contribution in [3.63, 3.8) is 0 Å². The molecule has 0 aliphatic rings. The summed E-state index contributed by atoms with van der Waals surface area (Å²) in [6, 6.07) is -0.854. The molecule has 460 valence electrons. The summed E-state index contributed by atoms with van der Waals surface area (Å²) < 4.78 is 23.8. The Bertz CT molecular complexity index is 1560. The molecule has 8 nitrogen and oxygen atoms in total. The van der Waals surface area contributed by atoms with Crippen LogP contribution in [0.1, 0.15) is 303 Å². The number of phosphoric ester groups is 1. The lowest BCUT2D eigenvalue weighted by Crippen LogP contribution is -2.45. The normalized spacial score (nSPS) is 14.3. The first-order valence-corrected chi connectivity index (χ1v) is 35.0. The van der Waals surface area contributed by atoms with E-state index in [1.807, 2.05) is 27.2 Å². The number of hydrogen-bond acceptors (Lipinski definition) is 5. The lowest BCUT2D eigenvalue weighted by atomic mass is 10.0. The molecule has 3 unspecified atom stereocenters. The average molecular weight is 1130 g/mol. The van der Waals surface area contributed by atoms with E-state index in [2.05, 4.69) is 92.1 Å². The second-order valence-corrected chi connectivity index (χ2v) is 25.3. The molecule has 3 atom stereocenters. The van der Waals surface area contributed by atoms with E-state index in [0.29, 0.717) is 17.4 Å². The monoisotopic (exact) mass is 1130 g/mol. The van der Waals surface area contributed by atoms with Gasteiger partial charge >= 0.3 is 7.82 Å². The Morgan fingerprint density at radius 1 is 0.443 bits per heavy atom. The highest BCUT2D eigenvalue weighted by Gasteiger charge is 2.28. The van der Waals surface area contributed by atoms with Crippen LogP contribution >= 0.6 is 7.82 Å². The number of carbonyl (C=O) groups excluding carboxylic acids is 1. The number of likely N-dealkylation sites (N-methyl/N-ethyl adjacent to an activating group) is 1. The fourth-order valence-electron chi connectivity index (χ4n) is 9.70. The predicted octanol–water partition coefficient (Wildman–Crippen LogP) is 21.2. The Morgan fingerprint density at radius 2 is 0.759 bits per heavy atom. The van der Waals surface area contributed by atoms with Crippen molar-refractivity contribution in [2.24, 2.45) is 0 Å². The first-order chi connectivity index (χ1) is 38.5. The van der Waals surface area contributed by atoms with E-state index < -0.39 is 20.0 Å². The van der Waals surface area contributed by atoms with Gasteiger partial charge in [0, 0.05) is 6.42 Å². The molecular weight excluding hydrogens is 996 g/mol. The van der Waals surface area contributed by atoms with Gasteiger partial charge in [-0.2, -0.15) is 0 Å². The van der Waals surface area contributed by atoms with Crippen LogP contribution in [0.5, 0.6) is 0 Å². The minimum atomic E-state index is -4.36. The second-order valence-electron chi connectivity index (χ2n) is 23.8. The van der Waals surface area contributed by atoms with E-state index in [4.69, 9.17) is 9.05 Å². The summed E-state index contributed by atoms with van der Waals surface area (Å²) >= 11 is 0. The number of nitrogens with one attached hydrogen (secondary N) is 1. The van der Waals surface area contributed by atoms with Crippen LogP contribution in [-0.4, -0.2) is 73.4 Å². The van der Waals surface area contributed by atoms with Gasteiger partial charge in [-0.05, 0) is 70.6 Å². The van der Waals surface area contributed by atoms with Gasteiger partial charge in [0.2, 0.25) is 5.91 Å². The van der Waals surface area contributed by atoms with E-state index in [1.54, 1.807) is 6.08 Å². The molecule has 0 radical (unpaired) electrons. The molecule has 0 spiro atoms. The number of amides is 1. The standard InChI is InChI=1S/C70H129N2O6P/c1-6-8-10-12-14-16-18-20-22-24-26-28-30-32-34-35-36-37-38-40-42-44-46-48-50-52-54-56-58-60-62-64-70(74)71-68(67-78-79(75,76)77-66-65-72(3,4)5)69(73)63-61-59-57-55-53-51-49-47-45-43-41-39-33-31-29-27-25-23-21-19-17-15-13-11-9-7-2/h8,10,14,16,20,22,26,28,32,34,36-37,61,63,68-69,73H,6-7,9,11-13,15,17-19,21,23-25,27,29-31,33,35,38-60,62,64-67H2,1-5H3,(H-,71,74,75,76)/p+1/b10-8-,16-14-,22-20-,28-26-,34-32-,37-36-,63-61+.